The molecule has 0 radical (unpaired) electrons. The van der Waals surface area contributed by atoms with Gasteiger partial charge in [0.2, 0.25) is 0 Å². The molecule has 0 amide bonds. The van der Waals surface area contributed by atoms with E-state index in [1.165, 1.54) is 19.1 Å². The lowest BCUT2D eigenvalue weighted by atomic mass is 10.2. The molecular weight excluding hydrogens is 314 g/mol. The quantitative estimate of drug-likeness (QED) is 0.837. The van der Waals surface area contributed by atoms with E-state index in [2.05, 4.69) is 10.3 Å². The fourth-order valence-corrected chi connectivity index (χ4v) is 2.66. The molecule has 106 valence electrons. The van der Waals surface area contributed by atoms with Crippen LogP contribution in [0.25, 0.3) is 0 Å². The number of nitrogens with zero attached hydrogens (tertiary/aromatic N) is 2. The van der Waals surface area contributed by atoms with Crippen LogP contribution in [-0.4, -0.2) is 21.8 Å². The van der Waals surface area contributed by atoms with Gasteiger partial charge in [0.1, 0.15) is 10.9 Å². The van der Waals surface area contributed by atoms with Crippen molar-refractivity contribution in [3.05, 3.63) is 39.4 Å². The highest BCUT2D eigenvalue weighted by Gasteiger charge is 2.20. The van der Waals surface area contributed by atoms with Crippen molar-refractivity contribution < 1.29 is 14.7 Å². The van der Waals surface area contributed by atoms with Gasteiger partial charge in [0, 0.05) is 12.6 Å². The Labute approximate surface area is 128 Å². The number of Topliss-reactive ketones (excluding diaryl/α,β-unsaturated/α-hetero) is 1. The van der Waals surface area contributed by atoms with Gasteiger partial charge in [-0.25, -0.2) is 9.78 Å². The predicted molar refractivity (Wildman–Crippen MR) is 78.5 cm³/mol. The minimum atomic E-state index is -1.26. The lowest BCUT2D eigenvalue weighted by Gasteiger charge is -2.03. The monoisotopic (exact) mass is 321 g/mol. The molecule has 0 aliphatic rings. The average Bonchev–Trinajstić information content (AvgIpc) is 2.83. The topological polar surface area (TPSA) is 103 Å². The lowest BCUT2D eigenvalue weighted by Crippen LogP contribution is -2.03. The highest BCUT2D eigenvalue weighted by atomic mass is 35.5. The third-order valence-electron chi connectivity index (χ3n) is 2.49. The number of carboxylic acids is 1. The molecule has 1 heterocycles. The van der Waals surface area contributed by atoms with Gasteiger partial charge in [0.25, 0.3) is 0 Å². The molecule has 0 saturated heterocycles. The molecule has 2 rings (SSSR count). The molecule has 0 bridgehead atoms. The van der Waals surface area contributed by atoms with Crippen LogP contribution >= 0.6 is 22.9 Å². The van der Waals surface area contributed by atoms with Crippen LogP contribution < -0.4 is 5.32 Å². The number of carbonyl (C=O) groups is 2. The van der Waals surface area contributed by atoms with E-state index in [9.17, 15) is 9.59 Å². The Morgan fingerprint density at radius 1 is 1.48 bits per heavy atom. The molecule has 21 heavy (non-hydrogen) atoms. The summed E-state index contributed by atoms with van der Waals surface area (Å²) < 4.78 is 0. The van der Waals surface area contributed by atoms with Gasteiger partial charge >= 0.3 is 5.97 Å². The zero-order valence-corrected chi connectivity index (χ0v) is 12.2. The van der Waals surface area contributed by atoms with Crippen molar-refractivity contribution in [3.63, 3.8) is 0 Å². The maximum absolute atomic E-state index is 11.4. The van der Waals surface area contributed by atoms with Gasteiger partial charge in [-0.3, -0.25) is 4.79 Å². The number of thiazole rings is 1. The molecule has 0 fully saturated rings. The van der Waals surface area contributed by atoms with E-state index in [4.69, 9.17) is 22.0 Å². The molecule has 8 heteroatoms. The number of nitrogens with one attached hydrogen (secondary N) is 1. The van der Waals surface area contributed by atoms with Gasteiger partial charge < -0.3 is 10.4 Å². The van der Waals surface area contributed by atoms with Gasteiger partial charge in [0.15, 0.2) is 16.6 Å². The van der Waals surface area contributed by atoms with E-state index >= 15 is 0 Å². The van der Waals surface area contributed by atoms with Crippen LogP contribution in [0.15, 0.2) is 18.2 Å². The standard InChI is InChI=1S/C13H8ClN3O3S/c1-6(18)11-10(12(19)20)17-13(21-11)16-8-3-2-7(5-15)9(14)4-8/h2-4H,1H3,(H,16,17)(H,19,20). The van der Waals surface area contributed by atoms with Crippen LogP contribution in [0.1, 0.15) is 32.6 Å². The van der Waals surface area contributed by atoms with Gasteiger partial charge in [0.05, 0.1) is 10.6 Å². The number of ketones is 1. The smallest absolute Gasteiger partial charge is 0.356 e. The third kappa shape index (κ3) is 3.18. The maximum atomic E-state index is 11.4. The fourth-order valence-electron chi connectivity index (χ4n) is 1.56. The van der Waals surface area contributed by atoms with Crippen molar-refractivity contribution in [2.24, 2.45) is 0 Å². The molecule has 0 aliphatic heterocycles. The maximum Gasteiger partial charge on any atom is 0.356 e. The molecule has 0 aliphatic carbocycles. The number of rotatable bonds is 4. The molecule has 2 aromatic rings. The first-order valence-corrected chi connectivity index (χ1v) is 6.83. The Balaban J connectivity index is 2.34. The van der Waals surface area contributed by atoms with E-state index < -0.39 is 5.97 Å². The summed E-state index contributed by atoms with van der Waals surface area (Å²) in [5, 5.41) is 21.2. The van der Waals surface area contributed by atoms with E-state index in [1.807, 2.05) is 6.07 Å². The molecule has 0 spiro atoms. The lowest BCUT2D eigenvalue weighted by molar-refractivity contribution is 0.0687. The van der Waals surface area contributed by atoms with Gasteiger partial charge in [-0.15, -0.1) is 0 Å². The average molecular weight is 322 g/mol. The summed E-state index contributed by atoms with van der Waals surface area (Å²) in [6.07, 6.45) is 0. The highest BCUT2D eigenvalue weighted by molar-refractivity contribution is 7.17. The molecule has 1 aromatic carbocycles. The van der Waals surface area contributed by atoms with Crippen LogP contribution in [0.2, 0.25) is 5.02 Å². The second-order valence-electron chi connectivity index (χ2n) is 3.99. The van der Waals surface area contributed by atoms with Gasteiger partial charge in [-0.05, 0) is 18.2 Å². The molecule has 0 saturated carbocycles. The summed E-state index contributed by atoms with van der Waals surface area (Å²) in [7, 11) is 0. The SMILES string of the molecule is CC(=O)c1sc(Nc2ccc(C#N)c(Cl)c2)nc1C(=O)O. The number of halogens is 1. The largest absolute Gasteiger partial charge is 0.476 e. The van der Waals surface area contributed by atoms with Crippen molar-refractivity contribution in [3.8, 4) is 6.07 Å². The van der Waals surface area contributed by atoms with E-state index in [0.717, 1.165) is 11.3 Å². The number of aromatic nitrogens is 1. The minimum Gasteiger partial charge on any atom is -0.476 e. The number of carbonyl (C=O) groups excluding carboxylic acids is 1. The van der Waals surface area contributed by atoms with Crippen LogP contribution in [0.4, 0.5) is 10.8 Å². The van der Waals surface area contributed by atoms with Crippen LogP contribution in [0, 0.1) is 11.3 Å². The number of hydrogen-bond donors (Lipinski definition) is 2. The summed E-state index contributed by atoms with van der Waals surface area (Å²) in [6.45, 7) is 1.28. The number of carboxylic acid groups (broad SMARTS) is 1. The Morgan fingerprint density at radius 3 is 2.67 bits per heavy atom. The Kier molecular flexibility index (Phi) is 4.21. The Bertz CT molecular complexity index is 748. The van der Waals surface area contributed by atoms with Crippen LogP contribution in [-0.2, 0) is 0 Å². The molecule has 1 aromatic heterocycles. The normalized spacial score (nSPS) is 9.95. The van der Waals surface area contributed by atoms with Crippen molar-refractivity contribution in [2.75, 3.05) is 5.32 Å². The van der Waals surface area contributed by atoms with E-state index in [0.29, 0.717) is 11.3 Å². The number of hydrogen-bond acceptors (Lipinski definition) is 6. The zero-order chi connectivity index (χ0) is 15.6. The second-order valence-corrected chi connectivity index (χ2v) is 5.40. The van der Waals surface area contributed by atoms with Gasteiger partial charge in [-0.1, -0.05) is 22.9 Å². The summed E-state index contributed by atoms with van der Waals surface area (Å²) >= 11 is 6.85. The van der Waals surface area contributed by atoms with Crippen molar-refractivity contribution >= 4 is 45.5 Å². The van der Waals surface area contributed by atoms with Crippen molar-refractivity contribution in [1.82, 2.24) is 4.98 Å². The summed E-state index contributed by atoms with van der Waals surface area (Å²) in [5.74, 6) is -1.63. The van der Waals surface area contributed by atoms with Crippen molar-refractivity contribution in [2.45, 2.75) is 6.92 Å². The summed E-state index contributed by atoms with van der Waals surface area (Å²) in [4.78, 5) is 26.4. The zero-order valence-electron chi connectivity index (χ0n) is 10.7. The molecular formula is C13H8ClN3O3S. The Morgan fingerprint density at radius 2 is 2.19 bits per heavy atom. The van der Waals surface area contributed by atoms with Gasteiger partial charge in [-0.2, -0.15) is 5.26 Å². The predicted octanol–water partition coefficient (Wildman–Crippen LogP) is 3.31. The first kappa shape index (κ1) is 15.0. The highest BCUT2D eigenvalue weighted by Crippen LogP contribution is 2.28. The minimum absolute atomic E-state index is 0.0738. The number of nitriles is 1. The molecule has 0 unspecified atom stereocenters. The summed E-state index contributed by atoms with van der Waals surface area (Å²) in [6, 6.07) is 6.60. The molecule has 2 N–H and O–H groups in total. The fraction of sp³-hybridized carbons (Fsp3) is 0.0769. The number of benzene rings is 1. The Hall–Kier alpha value is -2.43. The van der Waals surface area contributed by atoms with Crippen LogP contribution in [0.3, 0.4) is 0 Å². The number of aromatic carboxylic acids is 1. The summed E-state index contributed by atoms with van der Waals surface area (Å²) in [5.41, 5.74) is 0.589. The van der Waals surface area contributed by atoms with E-state index in [1.54, 1.807) is 6.07 Å². The first-order chi connectivity index (χ1) is 9.92. The molecule has 6 nitrogen and oxygen atoms in total. The van der Waals surface area contributed by atoms with E-state index in [-0.39, 0.29) is 26.5 Å². The molecule has 0 atom stereocenters. The van der Waals surface area contributed by atoms with Crippen LogP contribution in [0.5, 0.6) is 0 Å². The third-order valence-corrected chi connectivity index (χ3v) is 3.87. The second kappa shape index (κ2) is 5.91. The van der Waals surface area contributed by atoms with Crippen molar-refractivity contribution in [1.29, 1.82) is 5.26 Å². The number of anilines is 2. The first-order valence-electron chi connectivity index (χ1n) is 5.64.